The molecule has 0 bridgehead atoms. The fraction of sp³-hybridized carbons (Fsp3) is 0.333. The first-order chi connectivity index (χ1) is 9.65. The van der Waals surface area contributed by atoms with Crippen LogP contribution >= 0.6 is 0 Å². The van der Waals surface area contributed by atoms with E-state index in [2.05, 4.69) is 24.7 Å². The summed E-state index contributed by atoms with van der Waals surface area (Å²) in [6, 6.07) is 5.13. The highest BCUT2D eigenvalue weighted by atomic mass is 32.2. The average molecular weight is 294 g/mol. The number of hydrogen-bond acceptors (Lipinski definition) is 6. The van der Waals surface area contributed by atoms with Crippen molar-refractivity contribution in [1.29, 1.82) is 0 Å². The molecule has 8 heteroatoms. The molecule has 0 atom stereocenters. The topological polar surface area (TPSA) is 97.1 Å². The minimum absolute atomic E-state index is 0.00332. The lowest BCUT2D eigenvalue weighted by Gasteiger charge is -2.18. The van der Waals surface area contributed by atoms with Gasteiger partial charge in [-0.3, -0.25) is 0 Å². The van der Waals surface area contributed by atoms with Gasteiger partial charge in [-0.15, -0.1) is 0 Å². The number of aromatic nitrogens is 2. The molecule has 1 aromatic carbocycles. The Labute approximate surface area is 116 Å². The van der Waals surface area contributed by atoms with Gasteiger partial charge >= 0.3 is 0 Å². The Morgan fingerprint density at radius 3 is 3.10 bits per heavy atom. The largest absolute Gasteiger partial charge is 0.385 e. The number of fused-ring (bicyclic) bond motifs is 1. The van der Waals surface area contributed by atoms with Crippen LogP contribution in [0.5, 0.6) is 0 Å². The summed E-state index contributed by atoms with van der Waals surface area (Å²) < 4.78 is 31.4. The molecule has 0 amide bonds. The molecule has 106 valence electrons. The number of rotatable bonds is 4. The Balaban J connectivity index is 1.80. The number of aryl methyl sites for hydroxylation is 1. The lowest BCUT2D eigenvalue weighted by Crippen LogP contribution is -2.24. The second-order valence-corrected chi connectivity index (χ2v) is 6.29. The van der Waals surface area contributed by atoms with Crippen molar-refractivity contribution in [2.45, 2.75) is 24.3 Å². The molecule has 20 heavy (non-hydrogen) atoms. The summed E-state index contributed by atoms with van der Waals surface area (Å²) in [5.41, 5.74) is 2.03. The normalized spacial score (nSPS) is 14.6. The van der Waals surface area contributed by atoms with E-state index in [0.717, 1.165) is 37.0 Å². The molecule has 2 heterocycles. The summed E-state index contributed by atoms with van der Waals surface area (Å²) in [7, 11) is -3.58. The molecule has 0 unspecified atom stereocenters. The summed E-state index contributed by atoms with van der Waals surface area (Å²) in [6.07, 6.45) is 3.20. The Bertz CT molecular complexity index is 697. The first-order valence-electron chi connectivity index (χ1n) is 6.27. The van der Waals surface area contributed by atoms with Crippen LogP contribution in [0.3, 0.4) is 0 Å². The van der Waals surface area contributed by atoms with Crippen LogP contribution in [0.4, 0.5) is 5.69 Å². The van der Waals surface area contributed by atoms with E-state index in [-0.39, 0.29) is 11.4 Å². The van der Waals surface area contributed by atoms with Crippen LogP contribution in [0.15, 0.2) is 34.0 Å². The van der Waals surface area contributed by atoms with E-state index in [1.54, 1.807) is 12.1 Å². The molecular formula is C12H14N4O3S. The highest BCUT2D eigenvalue weighted by Gasteiger charge is 2.18. The van der Waals surface area contributed by atoms with Crippen LogP contribution < -0.4 is 10.0 Å². The van der Waals surface area contributed by atoms with E-state index in [0.29, 0.717) is 5.82 Å². The molecule has 0 saturated carbocycles. The van der Waals surface area contributed by atoms with Crippen molar-refractivity contribution in [2.75, 3.05) is 11.9 Å². The third-order valence-electron chi connectivity index (χ3n) is 3.16. The van der Waals surface area contributed by atoms with Gasteiger partial charge in [-0.05, 0) is 30.5 Å². The fourth-order valence-electron chi connectivity index (χ4n) is 2.12. The third-order valence-corrected chi connectivity index (χ3v) is 4.56. The van der Waals surface area contributed by atoms with Crippen molar-refractivity contribution in [2.24, 2.45) is 0 Å². The zero-order valence-electron chi connectivity index (χ0n) is 10.7. The minimum atomic E-state index is -3.58. The monoisotopic (exact) mass is 294 g/mol. The molecule has 0 saturated heterocycles. The number of nitrogens with zero attached hydrogens (tertiary/aromatic N) is 2. The summed E-state index contributed by atoms with van der Waals surface area (Å²) >= 11 is 0. The first kappa shape index (κ1) is 13.1. The molecule has 0 fully saturated rings. The molecule has 1 aliphatic rings. The Morgan fingerprint density at radius 1 is 1.40 bits per heavy atom. The van der Waals surface area contributed by atoms with Crippen LogP contribution in [-0.4, -0.2) is 25.1 Å². The van der Waals surface area contributed by atoms with Gasteiger partial charge in [0, 0.05) is 12.2 Å². The van der Waals surface area contributed by atoms with Crippen molar-refractivity contribution in [3.63, 3.8) is 0 Å². The third kappa shape index (κ3) is 2.66. The van der Waals surface area contributed by atoms with E-state index in [1.165, 1.54) is 0 Å². The van der Waals surface area contributed by atoms with Gasteiger partial charge in [0.05, 0.1) is 11.4 Å². The molecule has 7 nitrogen and oxygen atoms in total. The molecule has 0 aliphatic carbocycles. The average Bonchev–Trinajstić information content (AvgIpc) is 2.98. The predicted molar refractivity (Wildman–Crippen MR) is 71.6 cm³/mol. The van der Waals surface area contributed by atoms with E-state index in [4.69, 9.17) is 0 Å². The number of nitrogens with one attached hydrogen (secondary N) is 2. The van der Waals surface area contributed by atoms with Gasteiger partial charge in [0.15, 0.2) is 5.82 Å². The smallest absolute Gasteiger partial charge is 0.241 e. The van der Waals surface area contributed by atoms with Gasteiger partial charge in [0.1, 0.15) is 0 Å². The second kappa shape index (κ2) is 5.22. The van der Waals surface area contributed by atoms with Crippen molar-refractivity contribution >= 4 is 15.7 Å². The molecule has 2 aromatic rings. The maximum atomic E-state index is 12.2. The van der Waals surface area contributed by atoms with E-state index in [9.17, 15) is 8.42 Å². The van der Waals surface area contributed by atoms with Crippen molar-refractivity contribution < 1.29 is 12.9 Å². The Kier molecular flexibility index (Phi) is 3.41. The molecular weight excluding hydrogens is 280 g/mol. The van der Waals surface area contributed by atoms with E-state index in [1.807, 2.05) is 6.07 Å². The fourth-order valence-corrected chi connectivity index (χ4v) is 3.13. The summed E-state index contributed by atoms with van der Waals surface area (Å²) in [5.74, 6) is 0.296. The Hall–Kier alpha value is -1.93. The molecule has 3 rings (SSSR count). The lowest BCUT2D eigenvalue weighted by atomic mass is 10.0. The standard InChI is InChI=1S/C12H14N4O3S/c17-20(18,15-7-12-14-8-19-16-12)10-4-3-9-2-1-5-13-11(9)6-10/h3-4,6,8,13,15H,1-2,5,7H2. The summed E-state index contributed by atoms with van der Waals surface area (Å²) in [5, 5.41) is 6.77. The lowest BCUT2D eigenvalue weighted by molar-refractivity contribution is 0.409. The van der Waals surface area contributed by atoms with Crippen LogP contribution in [0.2, 0.25) is 0 Å². The van der Waals surface area contributed by atoms with Crippen molar-refractivity contribution in [3.05, 3.63) is 36.0 Å². The van der Waals surface area contributed by atoms with Gasteiger partial charge in [0.2, 0.25) is 16.4 Å². The Morgan fingerprint density at radius 2 is 2.30 bits per heavy atom. The highest BCUT2D eigenvalue weighted by Crippen LogP contribution is 2.25. The molecule has 0 spiro atoms. The van der Waals surface area contributed by atoms with Gasteiger partial charge in [0.25, 0.3) is 0 Å². The maximum Gasteiger partial charge on any atom is 0.241 e. The van der Waals surface area contributed by atoms with Gasteiger partial charge < -0.3 is 9.84 Å². The van der Waals surface area contributed by atoms with Crippen LogP contribution in [0, 0.1) is 0 Å². The predicted octanol–water partition coefficient (Wildman–Crippen LogP) is 0.906. The van der Waals surface area contributed by atoms with Crippen molar-refractivity contribution in [1.82, 2.24) is 14.9 Å². The SMILES string of the molecule is O=S(=O)(NCc1ncon1)c1ccc2c(c1)NCCC2. The zero-order valence-corrected chi connectivity index (χ0v) is 11.5. The maximum absolute atomic E-state index is 12.2. The molecule has 1 aliphatic heterocycles. The second-order valence-electron chi connectivity index (χ2n) is 4.52. The van der Waals surface area contributed by atoms with Gasteiger partial charge in [-0.25, -0.2) is 13.1 Å². The van der Waals surface area contributed by atoms with Crippen LogP contribution in [0.1, 0.15) is 17.8 Å². The van der Waals surface area contributed by atoms with Gasteiger partial charge in [-0.2, -0.15) is 4.98 Å². The molecule has 0 radical (unpaired) electrons. The van der Waals surface area contributed by atoms with Gasteiger partial charge in [-0.1, -0.05) is 11.2 Å². The van der Waals surface area contributed by atoms with E-state index < -0.39 is 10.0 Å². The number of benzene rings is 1. The quantitative estimate of drug-likeness (QED) is 0.869. The summed E-state index contributed by atoms with van der Waals surface area (Å²) in [4.78, 5) is 4.00. The van der Waals surface area contributed by atoms with Crippen LogP contribution in [-0.2, 0) is 23.0 Å². The first-order valence-corrected chi connectivity index (χ1v) is 7.75. The van der Waals surface area contributed by atoms with Crippen molar-refractivity contribution in [3.8, 4) is 0 Å². The number of sulfonamides is 1. The molecule has 2 N–H and O–H groups in total. The summed E-state index contributed by atoms with van der Waals surface area (Å²) in [6.45, 7) is 0.871. The zero-order chi connectivity index (χ0) is 14.0. The van der Waals surface area contributed by atoms with Crippen LogP contribution in [0.25, 0.3) is 0 Å². The number of anilines is 1. The highest BCUT2D eigenvalue weighted by molar-refractivity contribution is 7.89. The van der Waals surface area contributed by atoms with E-state index >= 15 is 0 Å². The number of hydrogen-bond donors (Lipinski definition) is 2. The minimum Gasteiger partial charge on any atom is -0.385 e. The molecule has 1 aromatic heterocycles.